The van der Waals surface area contributed by atoms with Crippen molar-refractivity contribution in [2.45, 2.75) is 34.6 Å². The van der Waals surface area contributed by atoms with E-state index in [0.717, 1.165) is 38.7 Å². The van der Waals surface area contributed by atoms with Crippen LogP contribution in [0, 0.1) is 34.6 Å². The van der Waals surface area contributed by atoms with Crippen LogP contribution in [0.25, 0.3) is 43.9 Å². The van der Waals surface area contributed by atoms with E-state index in [0.29, 0.717) is 0 Å². The second-order valence-electron chi connectivity index (χ2n) is 7.40. The first-order valence-corrected chi connectivity index (χ1v) is 8.70. The maximum Gasteiger partial charge on any atom is 0.147 e. The quantitative estimate of drug-likeness (QED) is 0.305. The Hall–Kier alpha value is -2.74. The lowest BCUT2D eigenvalue weighted by Gasteiger charge is -1.98. The van der Waals surface area contributed by atoms with Gasteiger partial charge in [-0.1, -0.05) is 12.1 Å². The summed E-state index contributed by atoms with van der Waals surface area (Å²) in [5.74, 6) is 0. The van der Waals surface area contributed by atoms with Gasteiger partial charge in [-0.15, -0.1) is 0 Å². The third kappa shape index (κ3) is 1.85. The summed E-state index contributed by atoms with van der Waals surface area (Å²) >= 11 is 0. The summed E-state index contributed by atoms with van der Waals surface area (Å²) in [6.07, 6.45) is 0. The molecular weight excluding hydrogens is 308 g/mol. The fourth-order valence-electron chi connectivity index (χ4n) is 4.23. The average Bonchev–Trinajstić information content (AvgIpc) is 3.07. The lowest BCUT2D eigenvalue weighted by atomic mass is 10.0. The highest BCUT2D eigenvalue weighted by Crippen LogP contribution is 2.42. The molecule has 0 saturated heterocycles. The minimum Gasteiger partial charge on any atom is -0.455 e. The van der Waals surface area contributed by atoms with Crippen LogP contribution in [0.1, 0.15) is 27.8 Å². The molecule has 0 aliphatic heterocycles. The van der Waals surface area contributed by atoms with Gasteiger partial charge >= 0.3 is 0 Å². The predicted octanol–water partition coefficient (Wildman–Crippen LogP) is 7.03. The van der Waals surface area contributed by atoms with Crippen LogP contribution in [0.4, 0.5) is 0 Å². The van der Waals surface area contributed by atoms with Crippen LogP contribution in [-0.4, -0.2) is 0 Å². The smallest absolute Gasteiger partial charge is 0.147 e. The van der Waals surface area contributed by atoms with Crippen LogP contribution in [0.3, 0.4) is 0 Å². The minimum absolute atomic E-state index is 0.935. The molecule has 0 aliphatic carbocycles. The number of hydrogen-bond acceptors (Lipinski definition) is 2. The zero-order chi connectivity index (χ0) is 17.5. The van der Waals surface area contributed by atoms with E-state index in [4.69, 9.17) is 8.83 Å². The fraction of sp³-hybridized carbons (Fsp3) is 0.217. The number of fused-ring (bicyclic) bond motifs is 7. The van der Waals surface area contributed by atoms with Gasteiger partial charge in [-0.25, -0.2) is 0 Å². The van der Waals surface area contributed by atoms with Gasteiger partial charge in [0.05, 0.1) is 5.39 Å². The van der Waals surface area contributed by atoms with Crippen molar-refractivity contribution >= 4 is 43.9 Å². The Morgan fingerprint density at radius 2 is 0.960 bits per heavy atom. The topological polar surface area (TPSA) is 26.3 Å². The molecule has 0 radical (unpaired) electrons. The SMILES string of the molecule is Cc1cc(C)c2oc3c(cc(C)c4oc5c(C)cc(C)cc5c43)c2c1. The highest BCUT2D eigenvalue weighted by Gasteiger charge is 2.20. The molecule has 0 saturated carbocycles. The van der Waals surface area contributed by atoms with Gasteiger partial charge in [0.25, 0.3) is 0 Å². The number of hydrogen-bond donors (Lipinski definition) is 0. The molecular formula is C23H20O2. The molecule has 0 bridgehead atoms. The van der Waals surface area contributed by atoms with Gasteiger partial charge in [0.15, 0.2) is 0 Å². The number of aryl methyl sites for hydroxylation is 5. The third-order valence-corrected chi connectivity index (χ3v) is 5.22. The van der Waals surface area contributed by atoms with Gasteiger partial charge < -0.3 is 8.83 Å². The Kier molecular flexibility index (Phi) is 2.72. The van der Waals surface area contributed by atoms with Gasteiger partial charge in [0, 0.05) is 16.2 Å². The van der Waals surface area contributed by atoms with E-state index in [2.05, 4.69) is 65.0 Å². The van der Waals surface area contributed by atoms with Crippen molar-refractivity contribution in [3.63, 3.8) is 0 Å². The summed E-state index contributed by atoms with van der Waals surface area (Å²) in [5.41, 5.74) is 9.81. The first-order valence-electron chi connectivity index (χ1n) is 8.70. The molecule has 5 rings (SSSR count). The van der Waals surface area contributed by atoms with E-state index in [1.165, 1.54) is 33.0 Å². The highest BCUT2D eigenvalue weighted by molar-refractivity contribution is 6.23. The van der Waals surface area contributed by atoms with Crippen molar-refractivity contribution in [2.75, 3.05) is 0 Å². The summed E-state index contributed by atoms with van der Waals surface area (Å²) in [6.45, 7) is 10.6. The molecule has 2 aromatic heterocycles. The van der Waals surface area contributed by atoms with Crippen LogP contribution >= 0.6 is 0 Å². The van der Waals surface area contributed by atoms with Crippen LogP contribution < -0.4 is 0 Å². The first-order chi connectivity index (χ1) is 11.9. The third-order valence-electron chi connectivity index (χ3n) is 5.22. The molecule has 124 valence electrons. The molecule has 0 atom stereocenters. The first kappa shape index (κ1) is 14.6. The summed E-state index contributed by atoms with van der Waals surface area (Å²) in [6, 6.07) is 11.0. The standard InChI is InChI=1S/C23H20O2/c1-11-6-13(3)20-16(8-11)17-10-15(5)22-19(23(17)25-20)18-9-12(2)7-14(4)21(18)24-22/h6-10H,1-5H3. The number of furan rings is 2. The van der Waals surface area contributed by atoms with E-state index < -0.39 is 0 Å². The summed E-state index contributed by atoms with van der Waals surface area (Å²) in [4.78, 5) is 0. The van der Waals surface area contributed by atoms with E-state index in [1.807, 2.05) is 0 Å². The Labute approximate surface area is 146 Å². The molecule has 0 spiro atoms. The van der Waals surface area contributed by atoms with Crippen LogP contribution in [0.2, 0.25) is 0 Å². The van der Waals surface area contributed by atoms with Crippen molar-refractivity contribution in [3.05, 3.63) is 58.1 Å². The van der Waals surface area contributed by atoms with Crippen molar-refractivity contribution in [1.82, 2.24) is 0 Å². The Balaban J connectivity index is 2.12. The Bertz CT molecular complexity index is 1330. The normalized spacial score (nSPS) is 12.2. The molecule has 2 heteroatoms. The molecule has 0 amide bonds. The molecule has 0 aliphatic rings. The van der Waals surface area contributed by atoms with Gasteiger partial charge in [0.2, 0.25) is 0 Å². The van der Waals surface area contributed by atoms with Gasteiger partial charge in [-0.3, -0.25) is 0 Å². The summed E-state index contributed by atoms with van der Waals surface area (Å²) in [7, 11) is 0. The van der Waals surface area contributed by atoms with Crippen LogP contribution in [0.15, 0.2) is 39.2 Å². The van der Waals surface area contributed by atoms with Gasteiger partial charge in [0.1, 0.15) is 22.3 Å². The molecule has 25 heavy (non-hydrogen) atoms. The lowest BCUT2D eigenvalue weighted by Crippen LogP contribution is -1.79. The largest absolute Gasteiger partial charge is 0.455 e. The van der Waals surface area contributed by atoms with Crippen molar-refractivity contribution in [3.8, 4) is 0 Å². The maximum absolute atomic E-state index is 6.39. The van der Waals surface area contributed by atoms with E-state index in [9.17, 15) is 0 Å². The molecule has 2 nitrogen and oxygen atoms in total. The van der Waals surface area contributed by atoms with E-state index >= 15 is 0 Å². The molecule has 0 N–H and O–H groups in total. The van der Waals surface area contributed by atoms with Gasteiger partial charge in [-0.2, -0.15) is 0 Å². The van der Waals surface area contributed by atoms with Crippen LogP contribution in [-0.2, 0) is 0 Å². The lowest BCUT2D eigenvalue weighted by molar-refractivity contribution is 0.657. The second kappa shape index (κ2) is 4.66. The monoisotopic (exact) mass is 328 g/mol. The second-order valence-corrected chi connectivity index (χ2v) is 7.40. The zero-order valence-corrected chi connectivity index (χ0v) is 15.2. The molecule has 5 aromatic rings. The number of benzene rings is 3. The van der Waals surface area contributed by atoms with Crippen molar-refractivity contribution < 1.29 is 8.83 Å². The van der Waals surface area contributed by atoms with E-state index in [1.54, 1.807) is 0 Å². The summed E-state index contributed by atoms with van der Waals surface area (Å²) < 4.78 is 12.7. The molecule has 3 aromatic carbocycles. The highest BCUT2D eigenvalue weighted by atomic mass is 16.3. The van der Waals surface area contributed by atoms with Gasteiger partial charge in [-0.05, 0) is 80.6 Å². The van der Waals surface area contributed by atoms with Crippen LogP contribution in [0.5, 0.6) is 0 Å². The molecule has 0 unspecified atom stereocenters. The van der Waals surface area contributed by atoms with Crippen molar-refractivity contribution in [2.24, 2.45) is 0 Å². The maximum atomic E-state index is 6.39. The zero-order valence-electron chi connectivity index (χ0n) is 15.2. The van der Waals surface area contributed by atoms with Crippen molar-refractivity contribution in [1.29, 1.82) is 0 Å². The average molecular weight is 328 g/mol. The Morgan fingerprint density at radius 3 is 1.64 bits per heavy atom. The molecule has 2 heterocycles. The summed E-state index contributed by atoms with van der Waals surface area (Å²) in [5, 5.41) is 4.62. The predicted molar refractivity (Wildman–Crippen MR) is 105 cm³/mol. The Morgan fingerprint density at radius 1 is 0.480 bits per heavy atom. The number of rotatable bonds is 0. The fourth-order valence-corrected chi connectivity index (χ4v) is 4.23. The minimum atomic E-state index is 0.935. The molecule has 0 fully saturated rings. The van der Waals surface area contributed by atoms with E-state index in [-0.39, 0.29) is 0 Å².